The molecule has 1 aromatic rings. The molecule has 0 radical (unpaired) electrons. The average Bonchev–Trinajstić information content (AvgIpc) is 3.00. The standard InChI is InChI=1S/C23H25NO11/c1-10-7-6-8-15-17(10)18(29)22(30)24(15)23-21(34-14(5)28)20(33-13(4)27)19(32-12(3)26)16(35-23)9-31-11(2)25/h6-8,16,19-21,23H,9H2,1-5H3/t16-,19+,20+,21+,23-/m0/s1. The van der Waals surface area contributed by atoms with Crippen molar-refractivity contribution in [2.24, 2.45) is 0 Å². The van der Waals surface area contributed by atoms with Crippen LogP contribution < -0.4 is 4.90 Å². The number of rotatable bonds is 6. The number of hydrogen-bond donors (Lipinski definition) is 0. The van der Waals surface area contributed by atoms with E-state index in [9.17, 15) is 28.8 Å². The van der Waals surface area contributed by atoms with Crippen LogP contribution in [-0.2, 0) is 47.7 Å². The molecule has 0 spiro atoms. The van der Waals surface area contributed by atoms with E-state index in [0.717, 1.165) is 32.6 Å². The van der Waals surface area contributed by atoms with Crippen molar-refractivity contribution in [3.63, 3.8) is 0 Å². The molecule has 1 aromatic carbocycles. The third kappa shape index (κ3) is 5.32. The molecule has 1 amide bonds. The summed E-state index contributed by atoms with van der Waals surface area (Å²) in [5.41, 5.74) is 0.875. The monoisotopic (exact) mass is 491 g/mol. The molecule has 0 saturated carbocycles. The van der Waals surface area contributed by atoms with Crippen molar-refractivity contribution >= 4 is 41.3 Å². The molecule has 1 fully saturated rings. The number of carbonyl (C=O) groups excluding carboxylic acids is 6. The third-order valence-electron chi connectivity index (χ3n) is 5.37. The lowest BCUT2D eigenvalue weighted by Crippen LogP contribution is -2.67. The predicted molar refractivity (Wildman–Crippen MR) is 115 cm³/mol. The fourth-order valence-corrected chi connectivity index (χ4v) is 4.14. The van der Waals surface area contributed by atoms with Crippen LogP contribution in [0.15, 0.2) is 18.2 Å². The molecule has 0 unspecified atom stereocenters. The Morgan fingerprint density at radius 3 is 2.00 bits per heavy atom. The normalized spacial score (nSPS) is 25.5. The summed E-state index contributed by atoms with van der Waals surface area (Å²) in [5, 5.41) is 0. The predicted octanol–water partition coefficient (Wildman–Crippen LogP) is 0.607. The molecule has 12 heteroatoms. The molecule has 0 bridgehead atoms. The van der Waals surface area contributed by atoms with Crippen molar-refractivity contribution in [1.29, 1.82) is 0 Å². The molecule has 188 valence electrons. The number of hydrogen-bond acceptors (Lipinski definition) is 11. The minimum atomic E-state index is -1.50. The molecule has 2 aliphatic heterocycles. The number of ether oxygens (including phenoxy) is 5. The van der Waals surface area contributed by atoms with Crippen LogP contribution in [0.2, 0.25) is 0 Å². The Kier molecular flexibility index (Phi) is 7.54. The molecule has 35 heavy (non-hydrogen) atoms. The lowest BCUT2D eigenvalue weighted by Gasteiger charge is -2.46. The molecule has 3 rings (SSSR count). The molecule has 2 heterocycles. The first-order valence-electron chi connectivity index (χ1n) is 10.7. The number of nitrogens with zero attached hydrogens (tertiary/aromatic N) is 1. The lowest BCUT2D eigenvalue weighted by molar-refractivity contribution is -0.251. The number of anilines is 1. The number of fused-ring (bicyclic) bond motifs is 1. The van der Waals surface area contributed by atoms with E-state index in [4.69, 9.17) is 23.7 Å². The molecule has 5 atom stereocenters. The maximum Gasteiger partial charge on any atom is 0.303 e. The van der Waals surface area contributed by atoms with Crippen molar-refractivity contribution in [1.82, 2.24) is 0 Å². The average molecular weight is 491 g/mol. The topological polar surface area (TPSA) is 152 Å². The summed E-state index contributed by atoms with van der Waals surface area (Å²) >= 11 is 0. The first-order chi connectivity index (χ1) is 16.4. The van der Waals surface area contributed by atoms with Crippen LogP contribution in [0, 0.1) is 6.92 Å². The summed E-state index contributed by atoms with van der Waals surface area (Å²) in [5.74, 6) is -4.84. The maximum atomic E-state index is 13.1. The Bertz CT molecular complexity index is 1080. The van der Waals surface area contributed by atoms with Gasteiger partial charge in [0.05, 0.1) is 11.3 Å². The van der Waals surface area contributed by atoms with Gasteiger partial charge in [-0.1, -0.05) is 12.1 Å². The maximum absolute atomic E-state index is 13.1. The molecule has 0 aromatic heterocycles. The van der Waals surface area contributed by atoms with E-state index in [0.29, 0.717) is 5.56 Å². The SMILES string of the molecule is CC(=O)OC[C@@H]1O[C@H](N2C(=O)C(=O)c3c(C)cccc32)[C@H](OC(C)=O)[C@H](OC(C)=O)[C@@H]1OC(C)=O. The Labute approximate surface area is 200 Å². The van der Waals surface area contributed by atoms with Crippen LogP contribution in [0.4, 0.5) is 5.69 Å². The number of aryl methyl sites for hydroxylation is 1. The first kappa shape index (κ1) is 25.8. The smallest absolute Gasteiger partial charge is 0.303 e. The summed E-state index contributed by atoms with van der Waals surface area (Å²) in [7, 11) is 0. The van der Waals surface area contributed by atoms with Gasteiger partial charge in [0, 0.05) is 27.7 Å². The van der Waals surface area contributed by atoms with Crippen molar-refractivity contribution in [3.05, 3.63) is 29.3 Å². The zero-order valence-corrected chi connectivity index (χ0v) is 19.8. The summed E-state index contributed by atoms with van der Waals surface area (Å²) in [6.45, 7) is 5.62. The van der Waals surface area contributed by atoms with Crippen LogP contribution in [0.3, 0.4) is 0 Å². The highest BCUT2D eigenvalue weighted by atomic mass is 16.7. The number of esters is 4. The van der Waals surface area contributed by atoms with Gasteiger partial charge >= 0.3 is 29.8 Å². The second-order valence-corrected chi connectivity index (χ2v) is 8.06. The van der Waals surface area contributed by atoms with E-state index in [-0.39, 0.29) is 11.3 Å². The summed E-state index contributed by atoms with van der Waals surface area (Å²) in [4.78, 5) is 74.2. The van der Waals surface area contributed by atoms with Crippen molar-refractivity contribution < 1.29 is 52.5 Å². The van der Waals surface area contributed by atoms with Crippen molar-refractivity contribution in [3.8, 4) is 0 Å². The van der Waals surface area contributed by atoms with Crippen LogP contribution >= 0.6 is 0 Å². The molecule has 2 aliphatic rings. The van der Waals surface area contributed by atoms with Crippen LogP contribution in [0.5, 0.6) is 0 Å². The van der Waals surface area contributed by atoms with Crippen LogP contribution in [0.25, 0.3) is 0 Å². The van der Waals surface area contributed by atoms with Crippen LogP contribution in [-0.4, -0.2) is 72.8 Å². The highest BCUT2D eigenvalue weighted by Crippen LogP contribution is 2.38. The minimum absolute atomic E-state index is 0.144. The van der Waals surface area contributed by atoms with E-state index < -0.39 is 72.8 Å². The lowest BCUT2D eigenvalue weighted by atomic mass is 9.96. The third-order valence-corrected chi connectivity index (χ3v) is 5.37. The fraction of sp³-hybridized carbons (Fsp3) is 0.478. The summed E-state index contributed by atoms with van der Waals surface area (Å²) in [6.07, 6.45) is -7.08. The van der Waals surface area contributed by atoms with Gasteiger partial charge in [-0.3, -0.25) is 33.7 Å². The van der Waals surface area contributed by atoms with Crippen molar-refractivity contribution in [2.45, 2.75) is 65.3 Å². The second-order valence-electron chi connectivity index (χ2n) is 8.06. The van der Waals surface area contributed by atoms with Gasteiger partial charge in [0.1, 0.15) is 12.7 Å². The molecule has 0 aliphatic carbocycles. The number of carbonyl (C=O) groups is 6. The molecular weight excluding hydrogens is 466 g/mol. The zero-order valence-electron chi connectivity index (χ0n) is 19.8. The van der Waals surface area contributed by atoms with Gasteiger partial charge < -0.3 is 23.7 Å². The largest absolute Gasteiger partial charge is 0.463 e. The fourth-order valence-electron chi connectivity index (χ4n) is 4.14. The van der Waals surface area contributed by atoms with Gasteiger partial charge in [0.15, 0.2) is 24.5 Å². The van der Waals surface area contributed by atoms with E-state index in [2.05, 4.69) is 0 Å². The number of amides is 1. The van der Waals surface area contributed by atoms with Gasteiger partial charge in [-0.05, 0) is 18.6 Å². The number of benzene rings is 1. The van der Waals surface area contributed by atoms with E-state index in [1.54, 1.807) is 19.1 Å². The highest BCUT2D eigenvalue weighted by Gasteiger charge is 2.57. The minimum Gasteiger partial charge on any atom is -0.463 e. The quantitative estimate of drug-likeness (QED) is 0.312. The van der Waals surface area contributed by atoms with Gasteiger partial charge in [0.2, 0.25) is 0 Å². The Morgan fingerprint density at radius 2 is 1.43 bits per heavy atom. The Morgan fingerprint density at radius 1 is 0.857 bits per heavy atom. The molecule has 0 N–H and O–H groups in total. The summed E-state index contributed by atoms with van der Waals surface area (Å²) in [6, 6.07) is 4.79. The van der Waals surface area contributed by atoms with Gasteiger partial charge in [-0.25, -0.2) is 0 Å². The number of Topliss-reactive ketones (excluding diaryl/α,β-unsaturated/α-hetero) is 1. The van der Waals surface area contributed by atoms with E-state index in [1.807, 2.05) is 0 Å². The zero-order chi connectivity index (χ0) is 26.0. The second kappa shape index (κ2) is 10.2. The Hall–Kier alpha value is -3.80. The van der Waals surface area contributed by atoms with E-state index in [1.165, 1.54) is 6.07 Å². The number of ketones is 1. The van der Waals surface area contributed by atoms with E-state index >= 15 is 0 Å². The Balaban J connectivity index is 2.15. The van der Waals surface area contributed by atoms with Crippen molar-refractivity contribution in [2.75, 3.05) is 11.5 Å². The van der Waals surface area contributed by atoms with Gasteiger partial charge in [-0.2, -0.15) is 0 Å². The molecule has 12 nitrogen and oxygen atoms in total. The van der Waals surface area contributed by atoms with Gasteiger partial charge in [-0.15, -0.1) is 0 Å². The summed E-state index contributed by atoms with van der Waals surface area (Å²) < 4.78 is 27.1. The van der Waals surface area contributed by atoms with Gasteiger partial charge in [0.25, 0.3) is 5.78 Å². The molecule has 1 saturated heterocycles. The highest BCUT2D eigenvalue weighted by molar-refractivity contribution is 6.52. The van der Waals surface area contributed by atoms with Crippen LogP contribution in [0.1, 0.15) is 43.6 Å². The molecular formula is C23H25NO11. The first-order valence-corrected chi connectivity index (χ1v) is 10.7.